The van der Waals surface area contributed by atoms with Crippen LogP contribution in [0.5, 0.6) is 0 Å². The number of benzene rings is 1. The standard InChI is InChI=1S/C9H11BrN2O2/c1-6(2)11-8-5-7(10)3-4-9(8)12(13)14/h3-6,11H,1-2H3/i1D3,2D3. The van der Waals surface area contributed by atoms with Gasteiger partial charge in [-0.05, 0) is 25.8 Å². The quantitative estimate of drug-likeness (QED) is 0.674. The van der Waals surface area contributed by atoms with Gasteiger partial charge in [0.05, 0.1) is 4.92 Å². The zero-order valence-electron chi connectivity index (χ0n) is 13.0. The summed E-state index contributed by atoms with van der Waals surface area (Å²) in [5.74, 6) is 0. The maximum atomic E-state index is 10.9. The van der Waals surface area contributed by atoms with Crippen molar-refractivity contribution in [3.63, 3.8) is 0 Å². The molecule has 0 spiro atoms. The molecule has 0 aromatic heterocycles. The third-order valence-corrected chi connectivity index (χ3v) is 1.95. The first-order valence-corrected chi connectivity index (χ1v) is 4.42. The molecule has 0 saturated carbocycles. The molecule has 76 valence electrons. The van der Waals surface area contributed by atoms with Crippen molar-refractivity contribution in [1.82, 2.24) is 0 Å². The first-order chi connectivity index (χ1) is 8.93. The normalized spacial score (nSPS) is 18.4. The number of nitrogens with one attached hydrogen (secondary N) is 1. The van der Waals surface area contributed by atoms with Gasteiger partial charge in [-0.2, -0.15) is 0 Å². The predicted molar refractivity (Wildman–Crippen MR) is 59.6 cm³/mol. The third-order valence-electron chi connectivity index (χ3n) is 1.46. The van der Waals surface area contributed by atoms with Crippen molar-refractivity contribution >= 4 is 27.3 Å². The monoisotopic (exact) mass is 264 g/mol. The van der Waals surface area contributed by atoms with E-state index in [4.69, 9.17) is 8.22 Å². The van der Waals surface area contributed by atoms with Gasteiger partial charge in [-0.3, -0.25) is 10.1 Å². The number of rotatable bonds is 3. The minimum absolute atomic E-state index is 0.165. The molecule has 0 aliphatic heterocycles. The summed E-state index contributed by atoms with van der Waals surface area (Å²) >= 11 is 3.09. The Morgan fingerprint density at radius 3 is 2.93 bits per heavy atom. The fourth-order valence-corrected chi connectivity index (χ4v) is 1.30. The lowest BCUT2D eigenvalue weighted by molar-refractivity contribution is -0.384. The molecule has 1 rings (SSSR count). The van der Waals surface area contributed by atoms with Crippen molar-refractivity contribution in [2.45, 2.75) is 19.7 Å². The van der Waals surface area contributed by atoms with Gasteiger partial charge in [0.25, 0.3) is 5.69 Å². The zero-order valence-corrected chi connectivity index (χ0v) is 8.54. The molecular weight excluding hydrogens is 248 g/mol. The number of nitro benzene ring substituents is 1. The molecule has 4 nitrogen and oxygen atoms in total. The van der Waals surface area contributed by atoms with Crippen LogP contribution in [0.25, 0.3) is 0 Å². The molecule has 0 atom stereocenters. The van der Waals surface area contributed by atoms with Gasteiger partial charge in [0.2, 0.25) is 0 Å². The average Bonchev–Trinajstić information content (AvgIpc) is 2.22. The lowest BCUT2D eigenvalue weighted by Gasteiger charge is -2.10. The molecular formula is C9H11BrN2O2. The fraction of sp³-hybridized carbons (Fsp3) is 0.333. The van der Waals surface area contributed by atoms with Gasteiger partial charge >= 0.3 is 0 Å². The fourth-order valence-electron chi connectivity index (χ4n) is 0.939. The molecule has 0 amide bonds. The van der Waals surface area contributed by atoms with E-state index in [0.29, 0.717) is 4.47 Å². The van der Waals surface area contributed by atoms with Crippen molar-refractivity contribution in [1.29, 1.82) is 0 Å². The van der Waals surface area contributed by atoms with E-state index < -0.39 is 30.4 Å². The third kappa shape index (κ3) is 2.70. The van der Waals surface area contributed by atoms with Crippen molar-refractivity contribution in [3.8, 4) is 0 Å². The van der Waals surface area contributed by atoms with E-state index in [-0.39, 0.29) is 5.69 Å². The van der Waals surface area contributed by atoms with Crippen molar-refractivity contribution in [2.24, 2.45) is 0 Å². The summed E-state index contributed by atoms with van der Waals surface area (Å²) in [6, 6.07) is 1.93. The van der Waals surface area contributed by atoms with Crippen LogP contribution >= 0.6 is 15.9 Å². The van der Waals surface area contributed by atoms with Crippen LogP contribution in [-0.4, -0.2) is 11.0 Å². The molecule has 0 fully saturated rings. The molecule has 5 heteroatoms. The second kappa shape index (κ2) is 4.41. The van der Waals surface area contributed by atoms with Crippen LogP contribution in [0, 0.1) is 10.1 Å². The summed E-state index contributed by atoms with van der Waals surface area (Å²) in [5, 5.41) is 13.1. The van der Waals surface area contributed by atoms with E-state index in [1.165, 1.54) is 12.1 Å². The van der Waals surface area contributed by atoms with Crippen molar-refractivity contribution in [3.05, 3.63) is 32.8 Å². The summed E-state index contributed by atoms with van der Waals surface area (Å²) in [6.07, 6.45) is 0. The summed E-state index contributed by atoms with van der Waals surface area (Å²) in [4.78, 5) is 10.2. The number of halogens is 1. The number of nitro groups is 1. The van der Waals surface area contributed by atoms with Crippen LogP contribution in [0.15, 0.2) is 22.7 Å². The minimum atomic E-state index is -2.83. The van der Waals surface area contributed by atoms with Crippen LogP contribution in [0.3, 0.4) is 0 Å². The van der Waals surface area contributed by atoms with Gasteiger partial charge in [0.15, 0.2) is 0 Å². The summed E-state index contributed by atoms with van der Waals surface area (Å²) in [7, 11) is 0. The van der Waals surface area contributed by atoms with Gasteiger partial charge in [-0.25, -0.2) is 0 Å². The Morgan fingerprint density at radius 1 is 1.64 bits per heavy atom. The van der Waals surface area contributed by atoms with E-state index >= 15 is 0 Å². The van der Waals surface area contributed by atoms with E-state index in [9.17, 15) is 10.1 Å². The van der Waals surface area contributed by atoms with E-state index in [2.05, 4.69) is 21.2 Å². The maximum Gasteiger partial charge on any atom is 0.292 e. The van der Waals surface area contributed by atoms with Crippen LogP contribution in [0.4, 0.5) is 11.4 Å². The largest absolute Gasteiger partial charge is 0.377 e. The molecule has 0 saturated heterocycles. The lowest BCUT2D eigenvalue weighted by Crippen LogP contribution is -2.11. The highest BCUT2D eigenvalue weighted by molar-refractivity contribution is 9.10. The number of hydrogen-bond donors (Lipinski definition) is 1. The Bertz CT molecular complexity index is 502. The molecule has 14 heavy (non-hydrogen) atoms. The van der Waals surface area contributed by atoms with Gasteiger partial charge in [-0.15, -0.1) is 0 Å². The Kier molecular flexibility index (Phi) is 1.61. The van der Waals surface area contributed by atoms with E-state index in [1.807, 2.05) is 0 Å². The van der Waals surface area contributed by atoms with Crippen molar-refractivity contribution < 1.29 is 13.1 Å². The Morgan fingerprint density at radius 2 is 2.36 bits per heavy atom. The smallest absolute Gasteiger partial charge is 0.292 e. The van der Waals surface area contributed by atoms with Gasteiger partial charge in [0, 0.05) is 24.8 Å². The van der Waals surface area contributed by atoms with Gasteiger partial charge in [0.1, 0.15) is 5.69 Å². The molecule has 0 aliphatic carbocycles. The van der Waals surface area contributed by atoms with E-state index in [1.54, 1.807) is 0 Å². The predicted octanol–water partition coefficient (Wildman–Crippen LogP) is 3.18. The zero-order chi connectivity index (χ0) is 15.7. The number of nitrogens with zero attached hydrogens (tertiary/aromatic N) is 1. The maximum absolute atomic E-state index is 10.9. The SMILES string of the molecule is [2H]C([2H])([2H])C(Nc1cc(Br)ccc1[N+](=O)[O-])C([2H])([2H])[2H]. The van der Waals surface area contributed by atoms with E-state index in [0.717, 1.165) is 6.07 Å². The molecule has 0 heterocycles. The van der Waals surface area contributed by atoms with Crippen LogP contribution in [0.2, 0.25) is 0 Å². The summed E-state index contributed by atoms with van der Waals surface area (Å²) < 4.78 is 44.0. The molecule has 1 aromatic carbocycles. The Balaban J connectivity index is 3.24. The number of anilines is 1. The minimum Gasteiger partial charge on any atom is -0.377 e. The molecule has 0 radical (unpaired) electrons. The Labute approximate surface area is 99.0 Å². The second-order valence-electron chi connectivity index (χ2n) is 2.50. The van der Waals surface area contributed by atoms with Gasteiger partial charge in [-0.1, -0.05) is 15.9 Å². The second-order valence-corrected chi connectivity index (χ2v) is 3.41. The molecule has 1 N–H and O–H groups in total. The Hall–Kier alpha value is -1.10. The summed E-state index contributed by atoms with van der Waals surface area (Å²) in [5.41, 5.74) is -0.562. The topological polar surface area (TPSA) is 55.2 Å². The molecule has 0 aliphatic rings. The van der Waals surface area contributed by atoms with Crippen LogP contribution < -0.4 is 5.32 Å². The highest BCUT2D eigenvalue weighted by atomic mass is 79.9. The van der Waals surface area contributed by atoms with Crippen LogP contribution in [0.1, 0.15) is 21.9 Å². The lowest BCUT2D eigenvalue weighted by atomic mass is 10.2. The first kappa shape index (κ1) is 5.11. The van der Waals surface area contributed by atoms with Crippen LogP contribution in [-0.2, 0) is 0 Å². The van der Waals surface area contributed by atoms with Crippen molar-refractivity contribution in [2.75, 3.05) is 5.32 Å². The first-order valence-electron chi connectivity index (χ1n) is 6.63. The highest BCUT2D eigenvalue weighted by Gasteiger charge is 2.13. The summed E-state index contributed by atoms with van der Waals surface area (Å²) in [6.45, 7) is -5.66. The molecule has 0 bridgehead atoms. The molecule has 0 unspecified atom stereocenters. The average molecular weight is 265 g/mol. The highest BCUT2D eigenvalue weighted by Crippen LogP contribution is 2.28. The van der Waals surface area contributed by atoms with Gasteiger partial charge < -0.3 is 5.32 Å². The number of hydrogen-bond acceptors (Lipinski definition) is 3. The molecule has 1 aromatic rings.